The molecule has 4 rings (SSSR count). The highest BCUT2D eigenvalue weighted by Gasteiger charge is 2.27. The second kappa shape index (κ2) is 6.17. The van der Waals surface area contributed by atoms with E-state index in [0.29, 0.717) is 11.5 Å². The first kappa shape index (κ1) is 15.0. The van der Waals surface area contributed by atoms with Gasteiger partial charge >= 0.3 is 5.97 Å². The van der Waals surface area contributed by atoms with Gasteiger partial charge in [0, 0.05) is 16.6 Å². The minimum atomic E-state index is -0.884. The van der Waals surface area contributed by atoms with Crippen LogP contribution < -0.4 is 0 Å². The topological polar surface area (TPSA) is 37.3 Å². The molecule has 0 aromatic heterocycles. The number of hydrogen-bond acceptors (Lipinski definition) is 2. The third kappa shape index (κ3) is 2.61. The summed E-state index contributed by atoms with van der Waals surface area (Å²) in [4.78, 5) is 12.0. The lowest BCUT2D eigenvalue weighted by atomic mass is 9.99. The van der Waals surface area contributed by atoms with E-state index in [-0.39, 0.29) is 0 Å². The molecule has 0 amide bonds. The van der Waals surface area contributed by atoms with Crippen LogP contribution in [0.4, 0.5) is 0 Å². The van der Waals surface area contributed by atoms with Crippen molar-refractivity contribution in [2.45, 2.75) is 10.8 Å². The quantitative estimate of drug-likeness (QED) is 0.660. The predicted octanol–water partition coefficient (Wildman–Crippen LogP) is 5.29. The van der Waals surface area contributed by atoms with Gasteiger partial charge < -0.3 is 5.11 Å². The van der Waals surface area contributed by atoms with Crippen LogP contribution in [0.5, 0.6) is 0 Å². The van der Waals surface area contributed by atoms with Gasteiger partial charge in [-0.15, -0.1) is 11.8 Å². The van der Waals surface area contributed by atoms with Crippen molar-refractivity contribution in [1.29, 1.82) is 0 Å². The van der Waals surface area contributed by atoms with Crippen LogP contribution in [0.3, 0.4) is 0 Å². The summed E-state index contributed by atoms with van der Waals surface area (Å²) < 4.78 is 0. The van der Waals surface area contributed by atoms with Gasteiger partial charge in [-0.3, -0.25) is 0 Å². The molecule has 0 unspecified atom stereocenters. The Bertz CT molecular complexity index is 854. The smallest absolute Gasteiger partial charge is 0.335 e. The normalized spacial score (nSPS) is 12.7. The number of aromatic carboxylic acids is 1. The zero-order valence-electron chi connectivity index (χ0n) is 13.0. The average molecular weight is 332 g/mol. The Morgan fingerprint density at radius 1 is 0.833 bits per heavy atom. The molecule has 1 N–H and O–H groups in total. The molecule has 0 atom stereocenters. The Kier molecular flexibility index (Phi) is 3.87. The molecule has 1 aliphatic carbocycles. The predicted molar refractivity (Wildman–Crippen MR) is 97.8 cm³/mol. The molecular formula is C21H16O2S. The van der Waals surface area contributed by atoms with E-state index in [2.05, 4.69) is 48.5 Å². The van der Waals surface area contributed by atoms with Crippen molar-refractivity contribution < 1.29 is 9.90 Å². The standard InChI is InChI=1S/C21H16O2S/c22-21(23)14-9-11-15(12-10-14)24-13-20-18-7-3-1-5-16(18)17-6-2-4-8-19(17)20/h1-12,20H,13H2,(H,22,23). The molecule has 0 radical (unpaired) electrons. The number of benzene rings is 3. The van der Waals surface area contributed by atoms with E-state index in [0.717, 1.165) is 10.6 Å². The SMILES string of the molecule is O=C(O)c1ccc(SCC2c3ccccc3-c3ccccc32)cc1. The summed E-state index contributed by atoms with van der Waals surface area (Å²) in [5.74, 6) is 0.437. The van der Waals surface area contributed by atoms with Gasteiger partial charge in [0.05, 0.1) is 5.56 Å². The summed E-state index contributed by atoms with van der Waals surface area (Å²) in [6.45, 7) is 0. The molecule has 3 heteroatoms. The molecule has 0 fully saturated rings. The highest BCUT2D eigenvalue weighted by molar-refractivity contribution is 7.99. The van der Waals surface area contributed by atoms with E-state index in [9.17, 15) is 4.79 Å². The Hall–Kier alpha value is -2.52. The summed E-state index contributed by atoms with van der Waals surface area (Å²) in [6, 6.07) is 24.3. The van der Waals surface area contributed by atoms with Crippen molar-refractivity contribution in [3.8, 4) is 11.1 Å². The minimum absolute atomic E-state index is 0.330. The summed E-state index contributed by atoms with van der Waals surface area (Å²) in [5, 5.41) is 8.99. The van der Waals surface area contributed by atoms with Crippen LogP contribution in [0.2, 0.25) is 0 Å². The number of hydrogen-bond donors (Lipinski definition) is 1. The number of thioether (sulfide) groups is 1. The maximum Gasteiger partial charge on any atom is 0.335 e. The van der Waals surface area contributed by atoms with E-state index in [1.54, 1.807) is 23.9 Å². The van der Waals surface area contributed by atoms with Crippen LogP contribution in [0.25, 0.3) is 11.1 Å². The largest absolute Gasteiger partial charge is 0.478 e. The molecular weight excluding hydrogens is 316 g/mol. The molecule has 0 spiro atoms. The molecule has 0 aliphatic heterocycles. The fourth-order valence-electron chi connectivity index (χ4n) is 3.31. The Balaban J connectivity index is 1.59. The number of carboxylic acid groups (broad SMARTS) is 1. The number of carbonyl (C=O) groups is 1. The molecule has 0 heterocycles. The van der Waals surface area contributed by atoms with Crippen molar-refractivity contribution >= 4 is 17.7 Å². The molecule has 1 aliphatic rings. The molecule has 2 nitrogen and oxygen atoms in total. The summed E-state index contributed by atoms with van der Waals surface area (Å²) in [7, 11) is 0. The molecule has 0 saturated carbocycles. The maximum absolute atomic E-state index is 10.9. The van der Waals surface area contributed by atoms with Gasteiger partial charge in [0.15, 0.2) is 0 Å². The number of rotatable bonds is 4. The van der Waals surface area contributed by atoms with Crippen molar-refractivity contribution in [3.63, 3.8) is 0 Å². The Morgan fingerprint density at radius 2 is 1.38 bits per heavy atom. The van der Waals surface area contributed by atoms with Crippen LogP contribution in [0, 0.1) is 0 Å². The van der Waals surface area contributed by atoms with Crippen LogP contribution in [-0.4, -0.2) is 16.8 Å². The molecule has 24 heavy (non-hydrogen) atoms. The summed E-state index contributed by atoms with van der Waals surface area (Å²) in [6.07, 6.45) is 0. The first-order chi connectivity index (χ1) is 11.7. The van der Waals surface area contributed by atoms with E-state index < -0.39 is 5.97 Å². The van der Waals surface area contributed by atoms with Gasteiger partial charge in [-0.1, -0.05) is 48.5 Å². The first-order valence-electron chi connectivity index (χ1n) is 7.88. The van der Waals surface area contributed by atoms with Gasteiger partial charge in [0.2, 0.25) is 0 Å². The zero-order chi connectivity index (χ0) is 16.5. The third-order valence-electron chi connectivity index (χ3n) is 4.48. The Labute approximate surface area is 145 Å². The van der Waals surface area contributed by atoms with Crippen molar-refractivity contribution in [1.82, 2.24) is 0 Å². The lowest BCUT2D eigenvalue weighted by molar-refractivity contribution is 0.0697. The first-order valence-corrected chi connectivity index (χ1v) is 8.87. The van der Waals surface area contributed by atoms with Crippen LogP contribution in [-0.2, 0) is 0 Å². The van der Waals surface area contributed by atoms with E-state index in [4.69, 9.17) is 5.11 Å². The lowest BCUT2D eigenvalue weighted by Crippen LogP contribution is -2.00. The van der Waals surface area contributed by atoms with Gasteiger partial charge in [-0.2, -0.15) is 0 Å². The molecule has 118 valence electrons. The zero-order valence-corrected chi connectivity index (χ0v) is 13.8. The average Bonchev–Trinajstić information content (AvgIpc) is 2.94. The summed E-state index contributed by atoms with van der Waals surface area (Å²) in [5.41, 5.74) is 5.76. The highest BCUT2D eigenvalue weighted by Crippen LogP contribution is 2.46. The van der Waals surface area contributed by atoms with Gasteiger partial charge in [-0.05, 0) is 46.5 Å². The van der Waals surface area contributed by atoms with E-state index >= 15 is 0 Å². The van der Waals surface area contributed by atoms with Crippen LogP contribution in [0.1, 0.15) is 27.4 Å². The van der Waals surface area contributed by atoms with Gasteiger partial charge in [0.25, 0.3) is 0 Å². The molecule has 3 aromatic carbocycles. The number of fused-ring (bicyclic) bond motifs is 3. The van der Waals surface area contributed by atoms with Gasteiger partial charge in [-0.25, -0.2) is 4.79 Å². The van der Waals surface area contributed by atoms with Crippen molar-refractivity contribution in [2.24, 2.45) is 0 Å². The van der Waals surface area contributed by atoms with Crippen molar-refractivity contribution in [3.05, 3.63) is 89.5 Å². The van der Waals surface area contributed by atoms with Gasteiger partial charge in [0.1, 0.15) is 0 Å². The summed E-state index contributed by atoms with van der Waals surface area (Å²) >= 11 is 1.77. The van der Waals surface area contributed by atoms with Crippen molar-refractivity contribution in [2.75, 3.05) is 5.75 Å². The maximum atomic E-state index is 10.9. The van der Waals surface area contributed by atoms with E-state index in [1.807, 2.05) is 12.1 Å². The Morgan fingerprint density at radius 3 is 1.92 bits per heavy atom. The molecule has 0 bridgehead atoms. The third-order valence-corrected chi connectivity index (χ3v) is 5.59. The van der Waals surface area contributed by atoms with E-state index in [1.165, 1.54) is 22.3 Å². The monoisotopic (exact) mass is 332 g/mol. The van der Waals surface area contributed by atoms with Crippen LogP contribution >= 0.6 is 11.8 Å². The molecule has 3 aromatic rings. The van der Waals surface area contributed by atoms with Crippen LogP contribution in [0.15, 0.2) is 77.7 Å². The fourth-order valence-corrected chi connectivity index (χ4v) is 4.36. The second-order valence-corrected chi connectivity index (χ2v) is 6.96. The highest BCUT2D eigenvalue weighted by atomic mass is 32.2. The minimum Gasteiger partial charge on any atom is -0.478 e. The number of carboxylic acids is 1. The second-order valence-electron chi connectivity index (χ2n) is 5.87. The molecule has 0 saturated heterocycles. The lowest BCUT2D eigenvalue weighted by Gasteiger charge is -2.13. The fraction of sp³-hybridized carbons (Fsp3) is 0.0952.